The maximum absolute atomic E-state index is 14.1. The molecule has 292 valence electrons. The van der Waals surface area contributed by atoms with E-state index in [2.05, 4.69) is 21.3 Å². The highest BCUT2D eigenvalue weighted by Gasteiger charge is 2.50. The number of Topliss-reactive ketones (excluding diaryl/α,β-unsaturated/α-hetero) is 1. The van der Waals surface area contributed by atoms with E-state index in [1.54, 1.807) is 6.92 Å². The van der Waals surface area contributed by atoms with Gasteiger partial charge in [-0.1, -0.05) is 88.4 Å². The van der Waals surface area contributed by atoms with Gasteiger partial charge in [-0.25, -0.2) is 0 Å². The van der Waals surface area contributed by atoms with Crippen molar-refractivity contribution in [2.75, 3.05) is 26.4 Å². The van der Waals surface area contributed by atoms with E-state index in [4.69, 9.17) is 15.2 Å². The Morgan fingerprint density at radius 3 is 1.83 bits per heavy atom. The molecule has 1 aliphatic rings. The number of carbonyl (C=O) groups is 5. The maximum Gasteiger partial charge on any atom is 0.243 e. The quantitative estimate of drug-likeness (QED) is 0.0760. The van der Waals surface area contributed by atoms with Gasteiger partial charge in [0.15, 0.2) is 5.78 Å². The predicted octanol–water partition coefficient (Wildman–Crippen LogP) is 3.40. The van der Waals surface area contributed by atoms with Gasteiger partial charge in [0.25, 0.3) is 0 Å². The summed E-state index contributed by atoms with van der Waals surface area (Å²) in [6, 6.07) is 15.3. The fraction of sp³-hybridized carbons (Fsp3) is 0.585. The zero-order chi connectivity index (χ0) is 38.8. The SMILES string of the molecule is CC(C)C[C@H](NC(=O)[C@H](CCc1ccccc1)NC(=O)CCCCOCCN)C(=O)N[C@@H](Cc1ccccc1)C(=O)N[C@@H](CC(C)C)C(=O)[C@@]1(C)CO1. The molecule has 2 aromatic rings. The molecule has 1 saturated heterocycles. The summed E-state index contributed by atoms with van der Waals surface area (Å²) in [6.07, 6.45) is 3.23. The molecule has 1 heterocycles. The van der Waals surface area contributed by atoms with E-state index >= 15 is 0 Å². The van der Waals surface area contributed by atoms with Crippen LogP contribution in [0.25, 0.3) is 0 Å². The first-order chi connectivity index (χ1) is 25.3. The zero-order valence-corrected chi connectivity index (χ0v) is 32.2. The molecule has 1 fully saturated rings. The number of hydrogen-bond donors (Lipinski definition) is 5. The molecular formula is C41H61N5O7. The number of nitrogens with two attached hydrogens (primary N) is 1. The summed E-state index contributed by atoms with van der Waals surface area (Å²) in [5.41, 5.74) is 6.37. The van der Waals surface area contributed by atoms with Gasteiger partial charge in [-0.2, -0.15) is 0 Å². The number of ether oxygens (including phenoxy) is 2. The van der Waals surface area contributed by atoms with Gasteiger partial charge in [0.2, 0.25) is 23.6 Å². The van der Waals surface area contributed by atoms with Crippen LogP contribution < -0.4 is 27.0 Å². The number of epoxide rings is 1. The van der Waals surface area contributed by atoms with Gasteiger partial charge >= 0.3 is 0 Å². The molecule has 53 heavy (non-hydrogen) atoms. The lowest BCUT2D eigenvalue weighted by Gasteiger charge is -2.28. The normalized spacial score (nSPS) is 17.4. The van der Waals surface area contributed by atoms with Crippen LogP contribution >= 0.6 is 0 Å². The molecule has 0 saturated carbocycles. The monoisotopic (exact) mass is 735 g/mol. The summed E-state index contributed by atoms with van der Waals surface area (Å²) in [6.45, 7) is 11.2. The third-order valence-corrected chi connectivity index (χ3v) is 9.12. The number of amides is 4. The van der Waals surface area contributed by atoms with Gasteiger partial charge < -0.3 is 36.5 Å². The Hall–Kier alpha value is -4.13. The van der Waals surface area contributed by atoms with Crippen LogP contribution in [0.4, 0.5) is 0 Å². The van der Waals surface area contributed by atoms with E-state index in [0.717, 1.165) is 11.1 Å². The summed E-state index contributed by atoms with van der Waals surface area (Å²) >= 11 is 0. The first-order valence-electron chi connectivity index (χ1n) is 19.1. The van der Waals surface area contributed by atoms with Gasteiger partial charge in [0.1, 0.15) is 23.7 Å². The van der Waals surface area contributed by atoms with Crippen LogP contribution in [0.1, 0.15) is 84.3 Å². The maximum atomic E-state index is 14.1. The second-order valence-electron chi connectivity index (χ2n) is 15.0. The largest absolute Gasteiger partial charge is 0.380 e. The summed E-state index contributed by atoms with van der Waals surface area (Å²) in [7, 11) is 0. The van der Waals surface area contributed by atoms with Crippen LogP contribution in [-0.2, 0) is 46.3 Å². The number of carbonyl (C=O) groups excluding carboxylic acids is 5. The molecule has 12 nitrogen and oxygen atoms in total. The van der Waals surface area contributed by atoms with Gasteiger partial charge in [-0.05, 0) is 68.4 Å². The molecule has 0 bridgehead atoms. The Kier molecular flexibility index (Phi) is 18.1. The summed E-state index contributed by atoms with van der Waals surface area (Å²) in [5, 5.41) is 11.6. The van der Waals surface area contributed by atoms with Crippen LogP contribution in [0.3, 0.4) is 0 Å². The number of rotatable bonds is 25. The molecular weight excluding hydrogens is 674 g/mol. The van der Waals surface area contributed by atoms with Crippen LogP contribution in [0.5, 0.6) is 0 Å². The lowest BCUT2D eigenvalue weighted by atomic mass is 9.93. The highest BCUT2D eigenvalue weighted by Crippen LogP contribution is 2.29. The van der Waals surface area contributed by atoms with Crippen molar-refractivity contribution in [2.24, 2.45) is 17.6 Å². The van der Waals surface area contributed by atoms with Crippen LogP contribution in [-0.4, -0.2) is 85.5 Å². The van der Waals surface area contributed by atoms with Gasteiger partial charge in [-0.3, -0.25) is 24.0 Å². The zero-order valence-electron chi connectivity index (χ0n) is 32.2. The molecule has 3 rings (SSSR count). The second kappa shape index (κ2) is 22.2. The van der Waals surface area contributed by atoms with Crippen molar-refractivity contribution in [1.82, 2.24) is 21.3 Å². The molecule has 1 aliphatic heterocycles. The summed E-state index contributed by atoms with van der Waals surface area (Å²) in [5.74, 6) is -1.84. The second-order valence-corrected chi connectivity index (χ2v) is 15.0. The third kappa shape index (κ3) is 15.8. The summed E-state index contributed by atoms with van der Waals surface area (Å²) < 4.78 is 10.8. The molecule has 5 atom stereocenters. The molecule has 0 unspecified atom stereocenters. The number of nitrogens with one attached hydrogen (secondary N) is 4. The minimum atomic E-state index is -1.03. The Labute approximate surface area is 315 Å². The number of benzene rings is 2. The fourth-order valence-corrected chi connectivity index (χ4v) is 6.07. The van der Waals surface area contributed by atoms with Crippen molar-refractivity contribution in [3.63, 3.8) is 0 Å². The van der Waals surface area contributed by atoms with Crippen molar-refractivity contribution in [2.45, 2.75) is 116 Å². The van der Waals surface area contributed by atoms with Gasteiger partial charge in [0.05, 0.1) is 19.3 Å². The lowest BCUT2D eigenvalue weighted by molar-refractivity contribution is -0.135. The molecule has 2 aromatic carbocycles. The van der Waals surface area contributed by atoms with Crippen molar-refractivity contribution in [1.29, 1.82) is 0 Å². The first kappa shape index (κ1) is 43.3. The van der Waals surface area contributed by atoms with Gasteiger partial charge in [-0.15, -0.1) is 0 Å². The van der Waals surface area contributed by atoms with Crippen molar-refractivity contribution in [3.05, 3.63) is 71.8 Å². The molecule has 0 radical (unpaired) electrons. The van der Waals surface area contributed by atoms with Crippen molar-refractivity contribution >= 4 is 29.4 Å². The number of ketones is 1. The van der Waals surface area contributed by atoms with Crippen molar-refractivity contribution in [3.8, 4) is 0 Å². The van der Waals surface area contributed by atoms with E-state index < -0.39 is 47.5 Å². The minimum Gasteiger partial charge on any atom is -0.380 e. The third-order valence-electron chi connectivity index (χ3n) is 9.12. The minimum absolute atomic E-state index is 0.0126. The lowest BCUT2D eigenvalue weighted by Crippen LogP contribution is -2.59. The van der Waals surface area contributed by atoms with E-state index in [9.17, 15) is 24.0 Å². The molecule has 0 aromatic heterocycles. The number of unbranched alkanes of at least 4 members (excludes halogenated alkanes) is 1. The number of aryl methyl sites for hydroxylation is 1. The first-order valence-corrected chi connectivity index (χ1v) is 19.1. The van der Waals surface area contributed by atoms with Gasteiger partial charge in [0, 0.05) is 26.0 Å². The molecule has 0 spiro atoms. The van der Waals surface area contributed by atoms with Crippen molar-refractivity contribution < 1.29 is 33.4 Å². The molecule has 6 N–H and O–H groups in total. The Morgan fingerprint density at radius 2 is 1.25 bits per heavy atom. The van der Waals surface area contributed by atoms with E-state index in [1.165, 1.54) is 0 Å². The Bertz CT molecular complexity index is 1450. The summed E-state index contributed by atoms with van der Waals surface area (Å²) in [4.78, 5) is 68.3. The molecule has 0 aliphatic carbocycles. The predicted molar refractivity (Wildman–Crippen MR) is 205 cm³/mol. The highest BCUT2D eigenvalue weighted by molar-refractivity contribution is 5.98. The molecule has 4 amide bonds. The highest BCUT2D eigenvalue weighted by atomic mass is 16.6. The average molecular weight is 736 g/mol. The average Bonchev–Trinajstić information content (AvgIpc) is 3.88. The van der Waals surface area contributed by atoms with E-state index in [-0.39, 0.29) is 36.4 Å². The smallest absolute Gasteiger partial charge is 0.243 e. The topological polar surface area (TPSA) is 181 Å². The van der Waals surface area contributed by atoms with E-state index in [0.29, 0.717) is 64.9 Å². The number of hydrogen-bond acceptors (Lipinski definition) is 8. The van der Waals surface area contributed by atoms with Crippen LogP contribution in [0, 0.1) is 11.8 Å². The Morgan fingerprint density at radius 1 is 0.717 bits per heavy atom. The van der Waals surface area contributed by atoms with Crippen LogP contribution in [0.2, 0.25) is 0 Å². The van der Waals surface area contributed by atoms with E-state index in [1.807, 2.05) is 88.4 Å². The fourth-order valence-electron chi connectivity index (χ4n) is 6.07. The Balaban J connectivity index is 1.78. The standard InChI is InChI=1S/C41H61N5O7/c1-28(2)24-33(37(48)41(5)27-53-41)44-40(51)35(26-31-16-10-7-11-17-31)46-39(50)34(25-29(3)4)45-38(49)32(20-19-30-14-8-6-9-15-30)43-36(47)18-12-13-22-52-23-21-42/h6-11,14-17,28-29,32-35H,12-13,18-27,42H2,1-5H3,(H,43,47)(H,44,51)(H,45,49)(H,46,50)/t32-,33-,34-,35-,41+/m0/s1. The molecule has 12 heteroatoms. The van der Waals surface area contributed by atoms with Crippen LogP contribution in [0.15, 0.2) is 60.7 Å².